The van der Waals surface area contributed by atoms with Crippen LogP contribution in [0.4, 0.5) is 0 Å². The van der Waals surface area contributed by atoms with E-state index in [0.29, 0.717) is 4.67 Å². The van der Waals surface area contributed by atoms with E-state index in [-0.39, 0.29) is 5.38 Å². The molecular weight excluding hydrogens is 323 g/mol. The van der Waals surface area contributed by atoms with Crippen molar-refractivity contribution in [2.24, 2.45) is 0 Å². The Kier molecular flexibility index (Phi) is 3.86. The fourth-order valence-electron chi connectivity index (χ4n) is 1.69. The second-order valence-corrected chi connectivity index (χ2v) is 5.59. The van der Waals surface area contributed by atoms with Crippen LogP contribution in [0.3, 0.4) is 0 Å². The van der Waals surface area contributed by atoms with E-state index in [1.807, 2.05) is 38.1 Å². The molecule has 0 radical (unpaired) electrons. The molecule has 0 aliphatic carbocycles. The van der Waals surface area contributed by atoms with Gasteiger partial charge in [-0.15, -0.1) is 11.6 Å². The minimum atomic E-state index is -0.294. The van der Waals surface area contributed by atoms with Gasteiger partial charge in [0.2, 0.25) is 0 Å². The lowest BCUT2D eigenvalue weighted by Crippen LogP contribution is -1.96. The summed E-state index contributed by atoms with van der Waals surface area (Å²) < 4.78 is 6.16. The van der Waals surface area contributed by atoms with E-state index in [0.717, 1.165) is 27.5 Å². The predicted octanol–water partition coefficient (Wildman–Crippen LogP) is 5.64. The normalized spacial score (nSPS) is 12.8. The van der Waals surface area contributed by atoms with Crippen LogP contribution >= 0.6 is 39.1 Å². The predicted molar refractivity (Wildman–Crippen MR) is 75.0 cm³/mol. The first kappa shape index (κ1) is 13.0. The van der Waals surface area contributed by atoms with Gasteiger partial charge in [0.15, 0.2) is 4.67 Å². The number of furan rings is 1. The molecule has 17 heavy (non-hydrogen) atoms. The van der Waals surface area contributed by atoms with Crippen molar-refractivity contribution in [2.75, 3.05) is 0 Å². The highest BCUT2D eigenvalue weighted by molar-refractivity contribution is 9.10. The van der Waals surface area contributed by atoms with Crippen LogP contribution in [0.2, 0.25) is 5.02 Å². The fraction of sp³-hybridized carbons (Fsp3) is 0.231. The Morgan fingerprint density at radius 2 is 1.88 bits per heavy atom. The average Bonchev–Trinajstić information content (AvgIpc) is 2.69. The summed E-state index contributed by atoms with van der Waals surface area (Å²) in [5, 5.41) is 0.466. The van der Waals surface area contributed by atoms with Gasteiger partial charge in [-0.2, -0.15) is 0 Å². The Bertz CT molecular complexity index is 548. The Hall–Kier alpha value is -0.440. The summed E-state index contributed by atoms with van der Waals surface area (Å²) in [7, 11) is 0. The van der Waals surface area contributed by atoms with Gasteiger partial charge in [0, 0.05) is 5.02 Å². The number of hydrogen-bond donors (Lipinski definition) is 0. The highest BCUT2D eigenvalue weighted by Gasteiger charge is 2.17. The van der Waals surface area contributed by atoms with Crippen molar-refractivity contribution in [2.45, 2.75) is 19.2 Å². The van der Waals surface area contributed by atoms with Gasteiger partial charge in [-0.25, -0.2) is 0 Å². The van der Waals surface area contributed by atoms with Crippen LogP contribution in [0.5, 0.6) is 0 Å². The quantitative estimate of drug-likeness (QED) is 0.648. The Labute approximate surface area is 119 Å². The first-order valence-corrected chi connectivity index (χ1v) is 6.75. The van der Waals surface area contributed by atoms with Gasteiger partial charge in [0.05, 0.1) is 0 Å². The van der Waals surface area contributed by atoms with Gasteiger partial charge in [0.1, 0.15) is 11.1 Å². The standard InChI is InChI=1S/C13H11BrCl2O/c1-7-6-10(15)8(2)5-9(7)13(16)11-3-4-12(14)17-11/h3-6,13H,1-2H3. The third-order valence-corrected chi connectivity index (χ3v) is 3.95. The first-order chi connectivity index (χ1) is 7.99. The van der Waals surface area contributed by atoms with Gasteiger partial charge < -0.3 is 4.42 Å². The van der Waals surface area contributed by atoms with E-state index in [9.17, 15) is 0 Å². The van der Waals surface area contributed by atoms with E-state index < -0.39 is 0 Å². The zero-order chi connectivity index (χ0) is 12.6. The third-order valence-electron chi connectivity index (χ3n) is 2.66. The molecule has 0 bridgehead atoms. The van der Waals surface area contributed by atoms with Crippen molar-refractivity contribution in [3.05, 3.63) is 56.4 Å². The number of alkyl halides is 1. The number of benzene rings is 1. The maximum atomic E-state index is 6.42. The molecule has 90 valence electrons. The molecule has 0 aliphatic heterocycles. The Balaban J connectivity index is 2.43. The van der Waals surface area contributed by atoms with E-state index in [1.54, 1.807) is 0 Å². The summed E-state index contributed by atoms with van der Waals surface area (Å²) in [6, 6.07) is 7.64. The highest BCUT2D eigenvalue weighted by Crippen LogP contribution is 2.35. The second kappa shape index (κ2) is 5.05. The van der Waals surface area contributed by atoms with Gasteiger partial charge in [-0.05, 0) is 64.7 Å². The SMILES string of the molecule is Cc1cc(C(Cl)c2ccc(Br)o2)c(C)cc1Cl. The van der Waals surface area contributed by atoms with E-state index >= 15 is 0 Å². The molecule has 2 rings (SSSR count). The van der Waals surface area contributed by atoms with Crippen LogP contribution in [0, 0.1) is 13.8 Å². The minimum absolute atomic E-state index is 0.294. The lowest BCUT2D eigenvalue weighted by Gasteiger charge is -2.12. The summed E-state index contributed by atoms with van der Waals surface area (Å²) in [5.74, 6) is 0.725. The van der Waals surface area contributed by atoms with Gasteiger partial charge in [-0.3, -0.25) is 0 Å². The number of rotatable bonds is 2. The molecule has 0 saturated carbocycles. The summed E-state index contributed by atoms with van der Waals surface area (Å²) in [6.07, 6.45) is 0. The molecule has 4 heteroatoms. The van der Waals surface area contributed by atoms with Crippen LogP contribution in [-0.4, -0.2) is 0 Å². The molecular formula is C13H11BrCl2O. The third kappa shape index (κ3) is 2.70. The molecule has 1 unspecified atom stereocenters. The molecule has 1 nitrogen and oxygen atoms in total. The lowest BCUT2D eigenvalue weighted by atomic mass is 10.0. The van der Waals surface area contributed by atoms with Crippen molar-refractivity contribution in [3.63, 3.8) is 0 Å². The van der Waals surface area contributed by atoms with Crippen molar-refractivity contribution in [1.82, 2.24) is 0 Å². The largest absolute Gasteiger partial charge is 0.452 e. The van der Waals surface area contributed by atoms with Crippen molar-refractivity contribution in [3.8, 4) is 0 Å². The molecule has 0 fully saturated rings. The average molecular weight is 334 g/mol. The molecule has 2 aromatic rings. The van der Waals surface area contributed by atoms with Crippen molar-refractivity contribution in [1.29, 1.82) is 0 Å². The maximum absolute atomic E-state index is 6.42. The van der Waals surface area contributed by atoms with Gasteiger partial charge in [0.25, 0.3) is 0 Å². The molecule has 1 aromatic heterocycles. The zero-order valence-electron chi connectivity index (χ0n) is 9.43. The van der Waals surface area contributed by atoms with Crippen LogP contribution in [0.1, 0.15) is 27.8 Å². The Morgan fingerprint density at radius 3 is 2.47 bits per heavy atom. The van der Waals surface area contributed by atoms with Gasteiger partial charge >= 0.3 is 0 Å². The zero-order valence-corrected chi connectivity index (χ0v) is 12.5. The molecule has 0 spiro atoms. The van der Waals surface area contributed by atoms with Gasteiger partial charge in [-0.1, -0.05) is 17.7 Å². The topological polar surface area (TPSA) is 13.1 Å². The summed E-state index contributed by atoms with van der Waals surface area (Å²) in [5.41, 5.74) is 3.10. The first-order valence-electron chi connectivity index (χ1n) is 5.15. The van der Waals surface area contributed by atoms with Crippen LogP contribution in [0.15, 0.2) is 33.4 Å². The number of hydrogen-bond acceptors (Lipinski definition) is 1. The number of aryl methyl sites for hydroxylation is 2. The summed E-state index contributed by atoms with van der Waals surface area (Å²) in [6.45, 7) is 3.96. The second-order valence-electron chi connectivity index (χ2n) is 3.96. The monoisotopic (exact) mass is 332 g/mol. The molecule has 0 aliphatic rings. The lowest BCUT2D eigenvalue weighted by molar-refractivity contribution is 0.493. The summed E-state index contributed by atoms with van der Waals surface area (Å²) >= 11 is 15.8. The van der Waals surface area contributed by atoms with Crippen molar-refractivity contribution >= 4 is 39.1 Å². The Morgan fingerprint density at radius 1 is 1.18 bits per heavy atom. The van der Waals surface area contributed by atoms with Crippen LogP contribution < -0.4 is 0 Å². The summed E-state index contributed by atoms with van der Waals surface area (Å²) in [4.78, 5) is 0. The molecule has 0 saturated heterocycles. The maximum Gasteiger partial charge on any atom is 0.169 e. The molecule has 1 heterocycles. The number of halogens is 3. The smallest absolute Gasteiger partial charge is 0.169 e. The van der Waals surface area contributed by atoms with Crippen LogP contribution in [-0.2, 0) is 0 Å². The molecule has 0 N–H and O–H groups in total. The minimum Gasteiger partial charge on any atom is -0.452 e. The molecule has 1 aromatic carbocycles. The van der Waals surface area contributed by atoms with E-state index in [4.69, 9.17) is 27.6 Å². The highest BCUT2D eigenvalue weighted by atomic mass is 79.9. The van der Waals surface area contributed by atoms with Crippen molar-refractivity contribution < 1.29 is 4.42 Å². The fourth-order valence-corrected chi connectivity index (χ4v) is 2.58. The van der Waals surface area contributed by atoms with E-state index in [2.05, 4.69) is 15.9 Å². The van der Waals surface area contributed by atoms with E-state index in [1.165, 1.54) is 0 Å². The molecule has 0 amide bonds. The van der Waals surface area contributed by atoms with Crippen LogP contribution in [0.25, 0.3) is 0 Å². The molecule has 1 atom stereocenters.